The first-order valence-electron chi connectivity index (χ1n) is 22.5. The van der Waals surface area contributed by atoms with E-state index in [1.54, 1.807) is 64.3 Å². The maximum atomic E-state index is 15.2. The van der Waals surface area contributed by atoms with E-state index in [9.17, 15) is 19.2 Å². The number of rotatable bonds is 20. The second-order valence-electron chi connectivity index (χ2n) is 17.5. The molecule has 7 rings (SSSR count). The molecule has 4 aromatic carbocycles. The number of halogens is 1. The van der Waals surface area contributed by atoms with Crippen LogP contribution in [0, 0.1) is 5.92 Å². The fourth-order valence-corrected chi connectivity index (χ4v) is 11.3. The summed E-state index contributed by atoms with van der Waals surface area (Å²) in [6.45, 7) is 6.15. The van der Waals surface area contributed by atoms with E-state index in [4.69, 9.17) is 57.8 Å². The van der Waals surface area contributed by atoms with E-state index < -0.39 is 38.9 Å². The first kappa shape index (κ1) is 52.0. The first-order valence-corrected chi connectivity index (χ1v) is 24.8. The van der Waals surface area contributed by atoms with E-state index in [1.807, 2.05) is 66.7 Å². The van der Waals surface area contributed by atoms with Crippen LogP contribution in [-0.4, -0.2) is 133 Å². The maximum absolute atomic E-state index is 15.2. The summed E-state index contributed by atoms with van der Waals surface area (Å²) >= 11 is 9.54. The number of imide groups is 1. The highest BCUT2D eigenvalue weighted by Gasteiger charge is 2.62. The van der Waals surface area contributed by atoms with E-state index in [-0.39, 0.29) is 84.4 Å². The summed E-state index contributed by atoms with van der Waals surface area (Å²) in [5.74, 6) is -0.993. The zero-order chi connectivity index (χ0) is 50.0. The van der Waals surface area contributed by atoms with Gasteiger partial charge in [0.15, 0.2) is 21.3 Å². The number of morpholine rings is 1. The standard InChI is InChI=1S/C50H54BClN4O12S2/c1-49(2,3)67-48(61)55(23-26-69-50(47(60)68-51)31-56-44(58)39(46(56)70-50)28-35(57)27-32-9-7-6-8-10-32)45(59)42(53-54-21-24-64-25-22-54)38-19-20-40(65-29-33-11-15-36(62-4)16-12-33)43(41(38)52)66-30-34-13-17-37(63-5)18-14-34/h6-20,39,46H,21-31H2,1-5H3/b53-42-/t39-,46-,50-/m1/s1. The van der Waals surface area contributed by atoms with E-state index in [0.29, 0.717) is 37.8 Å². The molecule has 3 heterocycles. The second-order valence-corrected chi connectivity index (χ2v) is 20.9. The van der Waals surface area contributed by atoms with Crippen LogP contribution >= 0.6 is 35.1 Å². The first-order chi connectivity index (χ1) is 33.6. The number of amides is 3. The van der Waals surface area contributed by atoms with Crippen molar-refractivity contribution < 1.29 is 57.0 Å². The number of fused-ring (bicyclic) bond motifs is 1. The third kappa shape index (κ3) is 12.7. The van der Waals surface area contributed by atoms with Crippen molar-refractivity contribution in [3.05, 3.63) is 118 Å². The molecular weight excluding hydrogens is 959 g/mol. The summed E-state index contributed by atoms with van der Waals surface area (Å²) in [6, 6.07) is 27.1. The summed E-state index contributed by atoms with van der Waals surface area (Å²) in [7, 11) is 8.65. The van der Waals surface area contributed by atoms with E-state index in [1.165, 1.54) is 4.90 Å². The van der Waals surface area contributed by atoms with Gasteiger partial charge in [-0.1, -0.05) is 66.2 Å². The van der Waals surface area contributed by atoms with Crippen LogP contribution < -0.4 is 18.9 Å². The molecular formula is C50H54BClN4O12S2. The second kappa shape index (κ2) is 23.4. The summed E-state index contributed by atoms with van der Waals surface area (Å²) in [5.41, 5.74) is 1.35. The van der Waals surface area contributed by atoms with Crippen molar-refractivity contribution in [3.63, 3.8) is 0 Å². The van der Waals surface area contributed by atoms with Crippen LogP contribution in [0.5, 0.6) is 23.0 Å². The lowest BCUT2D eigenvalue weighted by atomic mass is 9.90. The van der Waals surface area contributed by atoms with Crippen LogP contribution in [0.15, 0.2) is 96.1 Å². The average molecular weight is 1010 g/mol. The number of nitrogens with zero attached hydrogens (tertiary/aromatic N) is 4. The van der Waals surface area contributed by atoms with Gasteiger partial charge in [0.05, 0.1) is 63.4 Å². The van der Waals surface area contributed by atoms with Crippen LogP contribution in [0.1, 0.15) is 49.4 Å². The average Bonchev–Trinajstić information content (AvgIpc) is 3.71. The lowest BCUT2D eigenvalue weighted by Gasteiger charge is -2.41. The Bertz CT molecular complexity index is 2550. The van der Waals surface area contributed by atoms with Crippen LogP contribution in [0.25, 0.3) is 0 Å². The fraction of sp³-hybridized carbons (Fsp3) is 0.400. The van der Waals surface area contributed by atoms with Crippen molar-refractivity contribution in [1.29, 1.82) is 0 Å². The third-order valence-corrected chi connectivity index (χ3v) is 15.1. The number of hydrogen-bond donors (Lipinski definition) is 0. The molecule has 0 aliphatic carbocycles. The minimum atomic E-state index is -1.44. The molecule has 3 aliphatic heterocycles. The topological polar surface area (TPSA) is 172 Å². The lowest BCUT2D eigenvalue weighted by molar-refractivity contribution is -0.152. The number of thioether (sulfide) groups is 2. The van der Waals surface area contributed by atoms with E-state index in [2.05, 4.69) is 0 Å². The van der Waals surface area contributed by atoms with E-state index >= 15 is 4.79 Å². The molecule has 4 aromatic rings. The van der Waals surface area contributed by atoms with Gasteiger partial charge in [-0.25, -0.2) is 9.69 Å². The van der Waals surface area contributed by atoms with Crippen LogP contribution in [0.3, 0.4) is 0 Å². The number of β-lactam (4-membered cyclic amide) rings is 1. The molecule has 70 heavy (non-hydrogen) atoms. The van der Waals surface area contributed by atoms with Gasteiger partial charge in [-0.3, -0.25) is 24.2 Å². The molecule has 3 amide bonds. The van der Waals surface area contributed by atoms with Crippen molar-refractivity contribution in [2.24, 2.45) is 11.0 Å². The van der Waals surface area contributed by atoms with Gasteiger partial charge in [0.2, 0.25) is 5.91 Å². The van der Waals surface area contributed by atoms with Gasteiger partial charge in [0, 0.05) is 30.7 Å². The summed E-state index contributed by atoms with van der Waals surface area (Å²) in [4.78, 5) is 71.9. The van der Waals surface area contributed by atoms with Crippen molar-refractivity contribution in [2.75, 3.05) is 59.4 Å². The Balaban J connectivity index is 1.17. The highest BCUT2D eigenvalue weighted by Crippen LogP contribution is 2.55. The summed E-state index contributed by atoms with van der Waals surface area (Å²) in [5, 5.41) is 5.95. The highest BCUT2D eigenvalue weighted by molar-refractivity contribution is 8.20. The van der Waals surface area contributed by atoms with Crippen LogP contribution in [0.4, 0.5) is 4.79 Å². The van der Waals surface area contributed by atoms with Crippen molar-refractivity contribution in [2.45, 2.75) is 61.9 Å². The third-order valence-electron chi connectivity index (χ3n) is 11.4. The molecule has 0 unspecified atom stereocenters. The van der Waals surface area contributed by atoms with Crippen molar-refractivity contribution in [1.82, 2.24) is 14.8 Å². The summed E-state index contributed by atoms with van der Waals surface area (Å²) < 4.78 is 38.1. The largest absolute Gasteiger partial charge is 0.542 e. The summed E-state index contributed by atoms with van der Waals surface area (Å²) in [6.07, 6.45) is -0.812. The van der Waals surface area contributed by atoms with Gasteiger partial charge in [0.25, 0.3) is 5.91 Å². The molecule has 0 aromatic heterocycles. The molecule has 3 aliphatic rings. The van der Waals surface area contributed by atoms with Crippen molar-refractivity contribution in [3.8, 4) is 23.0 Å². The molecule has 0 spiro atoms. The molecule has 368 valence electrons. The minimum absolute atomic E-state index is 0.000930. The number of carbonyl (C=O) groups is 5. The molecule has 0 saturated carbocycles. The molecule has 20 heteroatoms. The van der Waals surface area contributed by atoms with Gasteiger partial charge in [-0.2, -0.15) is 5.10 Å². The quantitative estimate of drug-likeness (QED) is 0.0498. The molecule has 3 atom stereocenters. The van der Waals surface area contributed by atoms with Gasteiger partial charge in [0.1, 0.15) is 36.1 Å². The minimum Gasteiger partial charge on any atom is -0.542 e. The number of ketones is 1. The number of carbonyl (C=O) groups excluding carboxylic acids is 5. The van der Waals surface area contributed by atoms with Gasteiger partial charge in [-0.05, 0) is 73.9 Å². The lowest BCUT2D eigenvalue weighted by Crippen LogP contribution is -2.57. The molecule has 16 nitrogen and oxygen atoms in total. The van der Waals surface area contributed by atoms with Crippen LogP contribution in [0.2, 0.25) is 5.02 Å². The molecule has 3 fully saturated rings. The number of Topliss-reactive ketones (excluding diaryl/α,β-unsaturated/α-hetero) is 1. The Labute approximate surface area is 422 Å². The highest BCUT2D eigenvalue weighted by atomic mass is 35.5. The smallest absolute Gasteiger partial charge is 0.417 e. The van der Waals surface area contributed by atoms with Gasteiger partial charge >= 0.3 is 20.1 Å². The Morgan fingerprint density at radius 2 is 1.51 bits per heavy atom. The van der Waals surface area contributed by atoms with Gasteiger partial charge in [-0.15, -0.1) is 23.5 Å². The SMILES string of the molecule is [B]OC(=O)[C@@]1(SCCN(C(=O)OC(C)(C)C)C(=O)/C(=N\N2CCOCC2)c2ccc(OCc3ccc(OC)cc3)c(OCc3ccc(OC)cc3)c2Cl)CN2C(=O)[C@@H](CC(=O)Cc3ccccc3)[C@H]2S1. The molecule has 0 bridgehead atoms. The Morgan fingerprint density at radius 3 is 2.11 bits per heavy atom. The number of hydrazone groups is 1. The Hall–Kier alpha value is -5.89. The zero-order valence-electron chi connectivity index (χ0n) is 39.6. The molecule has 0 N–H and O–H groups in total. The molecule has 2 radical (unpaired) electrons. The Morgan fingerprint density at radius 1 is 0.886 bits per heavy atom. The predicted molar refractivity (Wildman–Crippen MR) is 266 cm³/mol. The van der Waals surface area contributed by atoms with Crippen LogP contribution in [-0.2, 0) is 52.9 Å². The monoisotopic (exact) mass is 1010 g/mol. The normalized spacial score (nSPS) is 18.8. The predicted octanol–water partition coefficient (Wildman–Crippen LogP) is 7.10. The van der Waals surface area contributed by atoms with E-state index in [0.717, 1.165) is 45.1 Å². The number of benzene rings is 4. The fourth-order valence-electron chi connectivity index (χ4n) is 7.79. The maximum Gasteiger partial charge on any atom is 0.417 e. The number of methoxy groups -OCH3 is 2. The van der Waals surface area contributed by atoms with Crippen molar-refractivity contribution >= 4 is 78.5 Å². The van der Waals surface area contributed by atoms with Gasteiger partial charge < -0.3 is 38.0 Å². The number of ether oxygens (including phenoxy) is 6. The number of hydrogen-bond acceptors (Lipinski definition) is 16. The zero-order valence-corrected chi connectivity index (χ0v) is 41.9. The molecule has 3 saturated heterocycles. The Kier molecular flexibility index (Phi) is 17.3.